The van der Waals surface area contributed by atoms with Gasteiger partial charge < -0.3 is 19.7 Å². The number of hydrogen-bond acceptors (Lipinski definition) is 4. The van der Waals surface area contributed by atoms with E-state index in [4.69, 9.17) is 9.47 Å². The lowest BCUT2D eigenvalue weighted by atomic mass is 9.97. The van der Waals surface area contributed by atoms with Gasteiger partial charge in [-0.05, 0) is 50.6 Å². The van der Waals surface area contributed by atoms with Crippen LogP contribution in [0.1, 0.15) is 18.4 Å². The number of rotatable bonds is 6. The minimum absolute atomic E-state index is 0.160. The van der Waals surface area contributed by atoms with Crippen LogP contribution in [0, 0.1) is 5.92 Å². The number of piperidine rings is 1. The molecule has 0 spiro atoms. The van der Waals surface area contributed by atoms with Gasteiger partial charge in [0.15, 0.2) is 0 Å². The number of nitrogens with zero attached hydrogens (tertiary/aromatic N) is 1. The normalized spacial score (nSPS) is 18.1. The van der Waals surface area contributed by atoms with E-state index in [9.17, 15) is 4.79 Å². The van der Waals surface area contributed by atoms with E-state index < -0.39 is 0 Å². The number of likely N-dealkylation sites (tertiary alicyclic amines) is 1. The first-order valence-corrected chi connectivity index (χ1v) is 7.81. The number of carbonyl (C=O) groups is 1. The molecule has 1 aromatic rings. The smallest absolute Gasteiger partial charge is 0.227 e. The van der Waals surface area contributed by atoms with E-state index in [2.05, 4.69) is 5.32 Å². The average Bonchev–Trinajstić information content (AvgIpc) is 2.55. The number of nitrogens with one attached hydrogen (secondary N) is 1. The number of methoxy groups -OCH3 is 2. The molecule has 0 bridgehead atoms. The second-order valence-electron chi connectivity index (χ2n) is 5.76. The minimum atomic E-state index is 0.160. The van der Waals surface area contributed by atoms with Crippen LogP contribution in [0.3, 0.4) is 0 Å². The third-order valence-corrected chi connectivity index (χ3v) is 4.19. The first-order chi connectivity index (χ1) is 10.7. The fraction of sp³-hybridized carbons (Fsp3) is 0.588. The molecule has 5 nitrogen and oxygen atoms in total. The Bertz CT molecular complexity index is 503. The molecular formula is C17H26N2O3. The topological polar surface area (TPSA) is 50.8 Å². The van der Waals surface area contributed by atoms with Gasteiger partial charge in [0, 0.05) is 18.7 Å². The molecule has 0 aliphatic carbocycles. The van der Waals surface area contributed by atoms with Gasteiger partial charge in [-0.3, -0.25) is 4.79 Å². The summed E-state index contributed by atoms with van der Waals surface area (Å²) in [5.74, 6) is 2.19. The Kier molecular flexibility index (Phi) is 6.07. The van der Waals surface area contributed by atoms with E-state index in [0.29, 0.717) is 12.3 Å². The van der Waals surface area contributed by atoms with Crippen molar-refractivity contribution in [3.05, 3.63) is 23.8 Å². The summed E-state index contributed by atoms with van der Waals surface area (Å²) < 4.78 is 10.6. The summed E-state index contributed by atoms with van der Waals surface area (Å²) in [6.45, 7) is 2.66. The number of hydrogen-bond donors (Lipinski definition) is 1. The Balaban J connectivity index is 2.04. The largest absolute Gasteiger partial charge is 0.497 e. The third kappa shape index (κ3) is 4.13. The number of benzene rings is 1. The van der Waals surface area contributed by atoms with Gasteiger partial charge in [-0.25, -0.2) is 0 Å². The summed E-state index contributed by atoms with van der Waals surface area (Å²) in [4.78, 5) is 14.6. The van der Waals surface area contributed by atoms with E-state index in [1.807, 2.05) is 30.1 Å². The molecular weight excluding hydrogens is 280 g/mol. The number of amides is 1. The van der Waals surface area contributed by atoms with Crippen LogP contribution in [0.25, 0.3) is 0 Å². The van der Waals surface area contributed by atoms with E-state index >= 15 is 0 Å². The van der Waals surface area contributed by atoms with E-state index in [1.54, 1.807) is 14.2 Å². The molecule has 1 fully saturated rings. The fourth-order valence-electron chi connectivity index (χ4n) is 3.04. The maximum Gasteiger partial charge on any atom is 0.227 e. The summed E-state index contributed by atoms with van der Waals surface area (Å²) in [5, 5.41) is 3.21. The second-order valence-corrected chi connectivity index (χ2v) is 5.76. The first-order valence-electron chi connectivity index (χ1n) is 7.81. The molecule has 1 aromatic carbocycles. The molecule has 122 valence electrons. The van der Waals surface area contributed by atoms with Crippen LogP contribution in [-0.4, -0.2) is 51.7 Å². The second kappa shape index (κ2) is 8.03. The average molecular weight is 306 g/mol. The molecule has 1 heterocycles. The van der Waals surface area contributed by atoms with Gasteiger partial charge in [0.1, 0.15) is 11.5 Å². The van der Waals surface area contributed by atoms with Gasteiger partial charge in [0.2, 0.25) is 5.91 Å². The van der Waals surface area contributed by atoms with E-state index in [-0.39, 0.29) is 5.91 Å². The quantitative estimate of drug-likeness (QED) is 0.869. The highest BCUT2D eigenvalue weighted by Gasteiger charge is 2.24. The lowest BCUT2D eigenvalue weighted by Crippen LogP contribution is -2.43. The maximum atomic E-state index is 12.6. The van der Waals surface area contributed by atoms with Crippen LogP contribution in [0.4, 0.5) is 0 Å². The van der Waals surface area contributed by atoms with E-state index in [0.717, 1.165) is 43.1 Å². The zero-order valence-electron chi connectivity index (χ0n) is 13.7. The molecule has 1 amide bonds. The van der Waals surface area contributed by atoms with Crippen molar-refractivity contribution in [2.45, 2.75) is 19.3 Å². The Morgan fingerprint density at radius 1 is 1.36 bits per heavy atom. The number of carbonyl (C=O) groups excluding carboxylic acids is 1. The lowest BCUT2D eigenvalue weighted by Gasteiger charge is -2.33. The van der Waals surface area contributed by atoms with Crippen LogP contribution in [-0.2, 0) is 11.2 Å². The van der Waals surface area contributed by atoms with Crippen molar-refractivity contribution >= 4 is 5.91 Å². The lowest BCUT2D eigenvalue weighted by molar-refractivity contribution is -0.132. The maximum absolute atomic E-state index is 12.6. The van der Waals surface area contributed by atoms with Crippen LogP contribution in [0.15, 0.2) is 18.2 Å². The highest BCUT2D eigenvalue weighted by Crippen LogP contribution is 2.25. The molecule has 1 aliphatic heterocycles. The first kappa shape index (κ1) is 16.6. The predicted molar refractivity (Wildman–Crippen MR) is 86.5 cm³/mol. The van der Waals surface area contributed by atoms with E-state index in [1.165, 1.54) is 6.42 Å². The minimum Gasteiger partial charge on any atom is -0.497 e. The van der Waals surface area contributed by atoms with Crippen molar-refractivity contribution in [1.29, 1.82) is 0 Å². The molecule has 5 heteroatoms. The van der Waals surface area contributed by atoms with Crippen molar-refractivity contribution in [3.63, 3.8) is 0 Å². The highest BCUT2D eigenvalue weighted by molar-refractivity contribution is 5.79. The molecule has 1 atom stereocenters. The van der Waals surface area contributed by atoms with Crippen molar-refractivity contribution in [2.75, 3.05) is 40.9 Å². The molecule has 0 aromatic heterocycles. The summed E-state index contributed by atoms with van der Waals surface area (Å²) in [5.41, 5.74) is 0.877. The molecule has 1 saturated heterocycles. The third-order valence-electron chi connectivity index (χ3n) is 4.19. The highest BCUT2D eigenvalue weighted by atomic mass is 16.5. The monoisotopic (exact) mass is 306 g/mol. The fourth-order valence-corrected chi connectivity index (χ4v) is 3.04. The summed E-state index contributed by atoms with van der Waals surface area (Å²) in [7, 11) is 5.21. The number of ether oxygens (including phenoxy) is 2. The van der Waals surface area contributed by atoms with Gasteiger partial charge in [-0.15, -0.1) is 0 Å². The summed E-state index contributed by atoms with van der Waals surface area (Å²) >= 11 is 0. The molecule has 22 heavy (non-hydrogen) atoms. The van der Waals surface area contributed by atoms with Gasteiger partial charge in [0.05, 0.1) is 20.6 Å². The van der Waals surface area contributed by atoms with Crippen LogP contribution >= 0.6 is 0 Å². The predicted octanol–water partition coefficient (Wildman–Crippen LogP) is 1.70. The Labute approximate surface area is 132 Å². The zero-order valence-corrected chi connectivity index (χ0v) is 13.7. The van der Waals surface area contributed by atoms with Crippen molar-refractivity contribution in [2.24, 2.45) is 5.92 Å². The van der Waals surface area contributed by atoms with Gasteiger partial charge in [0.25, 0.3) is 0 Å². The molecule has 0 radical (unpaired) electrons. The summed E-state index contributed by atoms with van der Waals surface area (Å²) in [6.07, 6.45) is 2.62. The van der Waals surface area contributed by atoms with Crippen LogP contribution in [0.2, 0.25) is 0 Å². The molecule has 1 unspecified atom stereocenters. The van der Waals surface area contributed by atoms with Gasteiger partial charge in [-0.1, -0.05) is 0 Å². The molecule has 1 aliphatic rings. The molecule has 2 rings (SSSR count). The standard InChI is InChI=1S/C17H26N2O3/c1-18-11-13-5-4-8-19(12-13)17(20)10-14-9-15(21-2)6-7-16(14)22-3/h6-7,9,13,18H,4-5,8,10-12H2,1-3H3. The Hall–Kier alpha value is -1.75. The Morgan fingerprint density at radius 2 is 2.18 bits per heavy atom. The Morgan fingerprint density at radius 3 is 2.86 bits per heavy atom. The van der Waals surface area contributed by atoms with Gasteiger partial charge in [-0.2, -0.15) is 0 Å². The summed E-state index contributed by atoms with van der Waals surface area (Å²) in [6, 6.07) is 5.57. The SMILES string of the molecule is CNCC1CCCN(C(=O)Cc2cc(OC)ccc2OC)C1. The van der Waals surface area contributed by atoms with Crippen molar-refractivity contribution in [1.82, 2.24) is 10.2 Å². The van der Waals surface area contributed by atoms with Gasteiger partial charge >= 0.3 is 0 Å². The van der Waals surface area contributed by atoms with Crippen LogP contribution in [0.5, 0.6) is 11.5 Å². The molecule has 1 N–H and O–H groups in total. The molecule has 0 saturated carbocycles. The van der Waals surface area contributed by atoms with Crippen molar-refractivity contribution in [3.8, 4) is 11.5 Å². The van der Waals surface area contributed by atoms with Crippen LogP contribution < -0.4 is 14.8 Å². The zero-order chi connectivity index (χ0) is 15.9. The van der Waals surface area contributed by atoms with Crippen molar-refractivity contribution < 1.29 is 14.3 Å².